The molecule has 0 spiro atoms. The van der Waals surface area contributed by atoms with Crippen LogP contribution >= 0.6 is 0 Å². The summed E-state index contributed by atoms with van der Waals surface area (Å²) in [6, 6.07) is 10.3. The van der Waals surface area contributed by atoms with Crippen LogP contribution in [-0.2, 0) is 17.8 Å². The Hall–Kier alpha value is -2.69. The Morgan fingerprint density at radius 1 is 1.23 bits per heavy atom. The first-order valence-corrected chi connectivity index (χ1v) is 9.32. The first-order valence-electron chi connectivity index (χ1n) is 9.32. The van der Waals surface area contributed by atoms with Gasteiger partial charge in [-0.05, 0) is 43.4 Å². The van der Waals surface area contributed by atoms with Crippen molar-refractivity contribution in [2.24, 2.45) is 0 Å². The lowest BCUT2D eigenvalue weighted by molar-refractivity contribution is -0.134. The number of rotatable bonds is 4. The third-order valence-electron chi connectivity index (χ3n) is 5.17. The molecule has 3 aromatic rings. The van der Waals surface area contributed by atoms with Gasteiger partial charge in [-0.1, -0.05) is 24.3 Å². The largest absolute Gasteiger partial charge is 0.338 e. The summed E-state index contributed by atoms with van der Waals surface area (Å²) in [5.74, 6) is 0.191. The van der Waals surface area contributed by atoms with Crippen LogP contribution in [-0.4, -0.2) is 38.2 Å². The summed E-state index contributed by atoms with van der Waals surface area (Å²) in [6.07, 6.45) is 9.41. The van der Waals surface area contributed by atoms with Crippen LogP contribution < -0.4 is 0 Å². The van der Waals surface area contributed by atoms with Crippen molar-refractivity contribution < 1.29 is 4.79 Å². The number of amides is 1. The highest BCUT2D eigenvalue weighted by Gasteiger charge is 2.27. The molecule has 1 aliphatic heterocycles. The number of hydrogen-bond donors (Lipinski definition) is 0. The third-order valence-corrected chi connectivity index (χ3v) is 5.17. The van der Waals surface area contributed by atoms with E-state index >= 15 is 0 Å². The summed E-state index contributed by atoms with van der Waals surface area (Å²) in [6.45, 7) is 3.65. The number of pyridine rings is 1. The number of hydrogen-bond acceptors (Lipinski definition) is 3. The van der Waals surface area contributed by atoms with Crippen molar-refractivity contribution in [3.8, 4) is 0 Å². The number of para-hydroxylation sites is 1. The summed E-state index contributed by atoms with van der Waals surface area (Å²) >= 11 is 0. The molecule has 1 fully saturated rings. The van der Waals surface area contributed by atoms with E-state index in [1.807, 2.05) is 54.3 Å². The Labute approximate surface area is 153 Å². The van der Waals surface area contributed by atoms with Crippen LogP contribution in [0.1, 0.15) is 30.4 Å². The van der Waals surface area contributed by atoms with Crippen LogP contribution in [0.15, 0.2) is 48.9 Å². The van der Waals surface area contributed by atoms with Crippen molar-refractivity contribution in [1.82, 2.24) is 19.7 Å². The molecule has 0 saturated carbocycles. The molecule has 5 nitrogen and oxygen atoms in total. The van der Waals surface area contributed by atoms with Crippen LogP contribution in [0.3, 0.4) is 0 Å². The van der Waals surface area contributed by atoms with Gasteiger partial charge in [-0.25, -0.2) is 0 Å². The second kappa shape index (κ2) is 7.28. The van der Waals surface area contributed by atoms with Gasteiger partial charge in [0.05, 0.1) is 30.7 Å². The maximum Gasteiger partial charge on any atom is 0.227 e. The Bertz CT molecular complexity index is 912. The molecule has 1 atom stereocenters. The maximum atomic E-state index is 13.1. The van der Waals surface area contributed by atoms with Gasteiger partial charge in [0.25, 0.3) is 0 Å². The highest BCUT2D eigenvalue weighted by atomic mass is 16.2. The van der Waals surface area contributed by atoms with Crippen molar-refractivity contribution >= 4 is 16.8 Å². The minimum Gasteiger partial charge on any atom is -0.338 e. The van der Waals surface area contributed by atoms with Gasteiger partial charge in [0.2, 0.25) is 5.91 Å². The molecule has 0 unspecified atom stereocenters. The molecule has 4 rings (SSSR count). The summed E-state index contributed by atoms with van der Waals surface area (Å²) < 4.78 is 1.96. The minimum absolute atomic E-state index is 0.191. The zero-order valence-electron chi connectivity index (χ0n) is 15.1. The normalized spacial score (nSPS) is 17.6. The molecule has 1 aromatic carbocycles. The predicted molar refractivity (Wildman–Crippen MR) is 102 cm³/mol. The maximum absolute atomic E-state index is 13.1. The number of piperidine rings is 1. The number of fused-ring (bicyclic) bond motifs is 1. The lowest BCUT2D eigenvalue weighted by atomic mass is 10.00. The van der Waals surface area contributed by atoms with Crippen molar-refractivity contribution in [1.29, 1.82) is 0 Å². The molecule has 0 N–H and O–H groups in total. The van der Waals surface area contributed by atoms with Crippen LogP contribution in [0, 0.1) is 6.92 Å². The molecular formula is C21H24N4O. The Morgan fingerprint density at radius 3 is 2.96 bits per heavy atom. The molecule has 1 aliphatic rings. The lowest BCUT2D eigenvalue weighted by Crippen LogP contribution is -2.46. The molecule has 3 heterocycles. The van der Waals surface area contributed by atoms with Gasteiger partial charge >= 0.3 is 0 Å². The van der Waals surface area contributed by atoms with Crippen LogP contribution in [0.4, 0.5) is 0 Å². The van der Waals surface area contributed by atoms with Crippen molar-refractivity contribution in [2.75, 3.05) is 6.54 Å². The molecule has 26 heavy (non-hydrogen) atoms. The monoisotopic (exact) mass is 348 g/mol. The van der Waals surface area contributed by atoms with Gasteiger partial charge in [-0.3, -0.25) is 14.5 Å². The van der Waals surface area contributed by atoms with E-state index < -0.39 is 0 Å². The molecule has 0 bridgehead atoms. The van der Waals surface area contributed by atoms with Crippen molar-refractivity contribution in [3.05, 3.63) is 60.0 Å². The molecule has 134 valence electrons. The van der Waals surface area contributed by atoms with Gasteiger partial charge in [-0.15, -0.1) is 0 Å². The van der Waals surface area contributed by atoms with Gasteiger partial charge in [-0.2, -0.15) is 5.10 Å². The third kappa shape index (κ3) is 3.47. The first kappa shape index (κ1) is 16.8. The highest BCUT2D eigenvalue weighted by molar-refractivity contribution is 5.87. The molecule has 1 amide bonds. The summed E-state index contributed by atoms with van der Waals surface area (Å²) in [5.41, 5.74) is 3.09. The summed E-state index contributed by atoms with van der Waals surface area (Å²) in [4.78, 5) is 19.6. The van der Waals surface area contributed by atoms with E-state index in [-0.39, 0.29) is 11.9 Å². The Balaban J connectivity index is 1.53. The van der Waals surface area contributed by atoms with E-state index in [1.165, 1.54) is 6.42 Å². The summed E-state index contributed by atoms with van der Waals surface area (Å²) in [5, 5.41) is 5.48. The fourth-order valence-corrected chi connectivity index (χ4v) is 3.88. The number of nitrogens with zero attached hydrogens (tertiary/aromatic N) is 4. The first-order chi connectivity index (χ1) is 12.7. The zero-order chi connectivity index (χ0) is 17.9. The van der Waals surface area contributed by atoms with Crippen LogP contribution in [0.2, 0.25) is 0 Å². The van der Waals surface area contributed by atoms with Crippen LogP contribution in [0.25, 0.3) is 10.9 Å². The number of aromatic nitrogens is 3. The molecule has 0 aliphatic carbocycles. The fraction of sp³-hybridized carbons (Fsp3) is 0.381. The molecule has 5 heteroatoms. The van der Waals surface area contributed by atoms with Gasteiger partial charge in [0, 0.05) is 24.3 Å². The average molecular weight is 348 g/mol. The highest BCUT2D eigenvalue weighted by Crippen LogP contribution is 2.22. The average Bonchev–Trinajstić information content (AvgIpc) is 3.07. The second-order valence-corrected chi connectivity index (χ2v) is 7.15. The predicted octanol–water partition coefficient (Wildman–Crippen LogP) is 3.36. The van der Waals surface area contributed by atoms with E-state index in [0.717, 1.165) is 48.0 Å². The zero-order valence-corrected chi connectivity index (χ0v) is 15.1. The van der Waals surface area contributed by atoms with Gasteiger partial charge < -0.3 is 4.90 Å². The molecule has 1 saturated heterocycles. The van der Waals surface area contributed by atoms with E-state index in [1.54, 1.807) is 6.20 Å². The number of aryl methyl sites for hydroxylation is 1. The van der Waals surface area contributed by atoms with Crippen LogP contribution in [0.5, 0.6) is 0 Å². The van der Waals surface area contributed by atoms with Gasteiger partial charge in [0.15, 0.2) is 0 Å². The number of carbonyl (C=O) groups excluding carboxylic acids is 1. The fourth-order valence-electron chi connectivity index (χ4n) is 3.88. The summed E-state index contributed by atoms with van der Waals surface area (Å²) in [7, 11) is 0. The van der Waals surface area contributed by atoms with Crippen molar-refractivity contribution in [3.63, 3.8) is 0 Å². The smallest absolute Gasteiger partial charge is 0.227 e. The van der Waals surface area contributed by atoms with Gasteiger partial charge in [0.1, 0.15) is 0 Å². The van der Waals surface area contributed by atoms with E-state index in [9.17, 15) is 4.79 Å². The minimum atomic E-state index is 0.191. The standard InChI is InChI=1S/C21H24N4O/c1-16-13-23-24(14-16)15-19-9-2-3-11-25(19)20(26)12-18-7-4-6-17-8-5-10-22-21(17)18/h4-8,10,13-14,19H,2-3,9,11-12,15H2,1H3/t19-/m0/s1. The Kier molecular flexibility index (Phi) is 4.69. The lowest BCUT2D eigenvalue weighted by Gasteiger charge is -2.36. The number of likely N-dealkylation sites (tertiary alicyclic amines) is 1. The van der Waals surface area contributed by atoms with E-state index in [4.69, 9.17) is 0 Å². The van der Waals surface area contributed by atoms with Crippen molar-refractivity contribution in [2.45, 2.75) is 45.2 Å². The number of benzene rings is 1. The molecule has 2 aromatic heterocycles. The van der Waals surface area contributed by atoms with E-state index in [0.29, 0.717) is 6.42 Å². The second-order valence-electron chi connectivity index (χ2n) is 7.15. The molecular weight excluding hydrogens is 324 g/mol. The SMILES string of the molecule is Cc1cnn(C[C@@H]2CCCCN2C(=O)Cc2cccc3cccnc23)c1. The topological polar surface area (TPSA) is 51.0 Å². The molecule has 0 radical (unpaired) electrons. The van der Waals surface area contributed by atoms with E-state index in [2.05, 4.69) is 15.0 Å². The quantitative estimate of drug-likeness (QED) is 0.726. The number of carbonyl (C=O) groups is 1. The Morgan fingerprint density at radius 2 is 2.12 bits per heavy atom.